The van der Waals surface area contributed by atoms with Gasteiger partial charge in [0.05, 0.1) is 5.39 Å². The van der Waals surface area contributed by atoms with E-state index in [-0.39, 0.29) is 5.52 Å². The molecule has 0 fully saturated rings. The molecule has 104 valence electrons. The van der Waals surface area contributed by atoms with Crippen molar-refractivity contribution >= 4 is 22.1 Å². The summed E-state index contributed by atoms with van der Waals surface area (Å²) in [4.78, 5) is 16.1. The first-order valence-electron chi connectivity index (χ1n) is 6.68. The van der Waals surface area contributed by atoms with E-state index >= 15 is 0 Å². The number of aromatic nitrogens is 1. The van der Waals surface area contributed by atoms with Gasteiger partial charge in [0.15, 0.2) is 17.0 Å². The molecule has 0 radical (unpaired) electrons. The van der Waals surface area contributed by atoms with Crippen molar-refractivity contribution in [2.24, 2.45) is 0 Å². The molecule has 0 bridgehead atoms. The first-order valence-corrected chi connectivity index (χ1v) is 6.68. The molecule has 0 unspecified atom stereocenters. The van der Waals surface area contributed by atoms with Crippen LogP contribution in [0.25, 0.3) is 22.1 Å². The average molecular weight is 273 g/mol. The van der Waals surface area contributed by atoms with Gasteiger partial charge < -0.3 is 13.6 Å². The quantitative estimate of drug-likeness (QED) is 0.528. The number of nitrogens with zero attached hydrogens (tertiary/aromatic N) is 1. The van der Waals surface area contributed by atoms with Crippen molar-refractivity contribution in [3.63, 3.8) is 0 Å². The zero-order chi connectivity index (χ0) is 13.9. The van der Waals surface area contributed by atoms with E-state index in [4.69, 9.17) is 13.6 Å². The maximum atomic E-state index is 11.9. The van der Waals surface area contributed by atoms with Gasteiger partial charge in [-0.3, -0.25) is 0 Å². The lowest BCUT2D eigenvalue weighted by Crippen LogP contribution is -2.00. The SMILES string of the molecule is CCOCCCc1nc2c(=O)oc3ccccc3c2o1. The number of hydrogen-bond acceptors (Lipinski definition) is 5. The molecule has 3 aromatic rings. The summed E-state index contributed by atoms with van der Waals surface area (Å²) in [6, 6.07) is 7.29. The molecule has 0 aliphatic rings. The van der Waals surface area contributed by atoms with Crippen LogP contribution in [-0.2, 0) is 11.2 Å². The zero-order valence-corrected chi connectivity index (χ0v) is 11.2. The summed E-state index contributed by atoms with van der Waals surface area (Å²) in [6.45, 7) is 3.31. The summed E-state index contributed by atoms with van der Waals surface area (Å²) in [7, 11) is 0. The molecule has 0 atom stereocenters. The minimum atomic E-state index is -0.460. The second-order valence-corrected chi connectivity index (χ2v) is 4.47. The van der Waals surface area contributed by atoms with E-state index in [1.807, 2.05) is 25.1 Å². The molecule has 0 spiro atoms. The van der Waals surface area contributed by atoms with Crippen molar-refractivity contribution in [3.05, 3.63) is 40.6 Å². The summed E-state index contributed by atoms with van der Waals surface area (Å²) in [5.74, 6) is 0.545. The molecule has 0 N–H and O–H groups in total. The molecule has 2 heterocycles. The van der Waals surface area contributed by atoms with Gasteiger partial charge in [0.1, 0.15) is 5.58 Å². The molecule has 5 heteroatoms. The lowest BCUT2D eigenvalue weighted by molar-refractivity contribution is 0.144. The molecule has 3 rings (SSSR count). The van der Waals surface area contributed by atoms with Gasteiger partial charge in [-0.1, -0.05) is 12.1 Å². The van der Waals surface area contributed by atoms with Crippen molar-refractivity contribution in [2.75, 3.05) is 13.2 Å². The van der Waals surface area contributed by atoms with Crippen molar-refractivity contribution < 1.29 is 13.6 Å². The molecule has 5 nitrogen and oxygen atoms in total. The minimum Gasteiger partial charge on any atom is -0.440 e. The van der Waals surface area contributed by atoms with Gasteiger partial charge in [-0.05, 0) is 25.5 Å². The van der Waals surface area contributed by atoms with Crippen LogP contribution >= 0.6 is 0 Å². The fourth-order valence-electron chi connectivity index (χ4n) is 2.15. The summed E-state index contributed by atoms with van der Waals surface area (Å²) in [5.41, 5.74) is 0.818. The first kappa shape index (κ1) is 12.9. The van der Waals surface area contributed by atoms with Crippen LogP contribution in [0, 0.1) is 0 Å². The number of oxazole rings is 1. The van der Waals surface area contributed by atoms with Crippen LogP contribution in [0.2, 0.25) is 0 Å². The van der Waals surface area contributed by atoms with Gasteiger partial charge in [0.25, 0.3) is 0 Å². The highest BCUT2D eigenvalue weighted by molar-refractivity contribution is 5.98. The highest BCUT2D eigenvalue weighted by atomic mass is 16.5. The molecule has 0 saturated heterocycles. The molecule has 0 amide bonds. The fourth-order valence-corrected chi connectivity index (χ4v) is 2.15. The van der Waals surface area contributed by atoms with Gasteiger partial charge in [0.2, 0.25) is 0 Å². The Balaban J connectivity index is 1.99. The topological polar surface area (TPSA) is 65.5 Å². The average Bonchev–Trinajstić information content (AvgIpc) is 2.89. The van der Waals surface area contributed by atoms with E-state index < -0.39 is 5.63 Å². The molecule has 1 aromatic carbocycles. The minimum absolute atomic E-state index is 0.259. The number of para-hydroxylation sites is 1. The predicted octanol–water partition coefficient (Wildman–Crippen LogP) is 2.90. The van der Waals surface area contributed by atoms with E-state index in [1.54, 1.807) is 6.07 Å². The predicted molar refractivity (Wildman–Crippen MR) is 74.9 cm³/mol. The summed E-state index contributed by atoms with van der Waals surface area (Å²) in [5, 5.41) is 0.769. The Bertz CT molecular complexity index is 787. The molecular weight excluding hydrogens is 258 g/mol. The Kier molecular flexibility index (Phi) is 3.52. The van der Waals surface area contributed by atoms with Crippen LogP contribution < -0.4 is 5.63 Å². The Morgan fingerprint density at radius 1 is 1.25 bits per heavy atom. The van der Waals surface area contributed by atoms with Crippen LogP contribution in [0.3, 0.4) is 0 Å². The van der Waals surface area contributed by atoms with Crippen molar-refractivity contribution in [2.45, 2.75) is 19.8 Å². The van der Waals surface area contributed by atoms with E-state index in [2.05, 4.69) is 4.98 Å². The highest BCUT2D eigenvalue weighted by Gasteiger charge is 2.14. The Morgan fingerprint density at radius 2 is 2.10 bits per heavy atom. The number of hydrogen-bond donors (Lipinski definition) is 0. The highest BCUT2D eigenvalue weighted by Crippen LogP contribution is 2.23. The summed E-state index contributed by atoms with van der Waals surface area (Å²) in [6.07, 6.45) is 1.45. The largest absolute Gasteiger partial charge is 0.440 e. The van der Waals surface area contributed by atoms with Gasteiger partial charge in [-0.15, -0.1) is 0 Å². The number of rotatable bonds is 5. The maximum absolute atomic E-state index is 11.9. The van der Waals surface area contributed by atoms with Crippen molar-refractivity contribution in [1.29, 1.82) is 0 Å². The second kappa shape index (κ2) is 5.46. The molecule has 0 saturated carbocycles. The third-order valence-corrected chi connectivity index (χ3v) is 3.08. The smallest absolute Gasteiger partial charge is 0.366 e. The molecule has 0 aliphatic carbocycles. The zero-order valence-electron chi connectivity index (χ0n) is 11.2. The Hall–Kier alpha value is -2.14. The number of ether oxygens (including phenoxy) is 1. The van der Waals surface area contributed by atoms with Crippen LogP contribution in [-0.4, -0.2) is 18.2 Å². The number of aryl methyl sites for hydroxylation is 1. The first-order chi connectivity index (χ1) is 9.79. The molecule has 2 aromatic heterocycles. The lowest BCUT2D eigenvalue weighted by Gasteiger charge is -1.97. The van der Waals surface area contributed by atoms with Gasteiger partial charge >= 0.3 is 5.63 Å². The summed E-state index contributed by atoms with van der Waals surface area (Å²) < 4.78 is 16.2. The third kappa shape index (κ3) is 2.32. The van der Waals surface area contributed by atoms with Crippen LogP contribution in [0.15, 0.2) is 37.9 Å². The third-order valence-electron chi connectivity index (χ3n) is 3.08. The molecule has 0 aliphatic heterocycles. The lowest BCUT2D eigenvalue weighted by atomic mass is 10.2. The van der Waals surface area contributed by atoms with Crippen LogP contribution in [0.5, 0.6) is 0 Å². The van der Waals surface area contributed by atoms with Crippen LogP contribution in [0.4, 0.5) is 0 Å². The Morgan fingerprint density at radius 3 is 2.95 bits per heavy atom. The fraction of sp³-hybridized carbons (Fsp3) is 0.333. The van der Waals surface area contributed by atoms with Crippen LogP contribution in [0.1, 0.15) is 19.2 Å². The van der Waals surface area contributed by atoms with Crippen molar-refractivity contribution in [1.82, 2.24) is 4.98 Å². The van der Waals surface area contributed by atoms with E-state index in [0.717, 1.165) is 11.8 Å². The molecule has 20 heavy (non-hydrogen) atoms. The molecular formula is C15H15NO4. The Labute approximate surface area is 115 Å². The normalized spacial score (nSPS) is 11.4. The van der Waals surface area contributed by atoms with Crippen molar-refractivity contribution in [3.8, 4) is 0 Å². The standard InChI is InChI=1S/C15H15NO4/c1-2-18-9-5-8-12-16-13-14(20-12)10-6-3-4-7-11(10)19-15(13)17/h3-4,6-7H,2,5,8-9H2,1H3. The van der Waals surface area contributed by atoms with Gasteiger partial charge in [-0.2, -0.15) is 0 Å². The number of benzene rings is 1. The van der Waals surface area contributed by atoms with E-state index in [1.165, 1.54) is 0 Å². The van der Waals surface area contributed by atoms with E-state index in [9.17, 15) is 4.79 Å². The van der Waals surface area contributed by atoms with E-state index in [0.29, 0.717) is 36.7 Å². The summed E-state index contributed by atoms with van der Waals surface area (Å²) >= 11 is 0. The monoisotopic (exact) mass is 273 g/mol. The number of fused-ring (bicyclic) bond motifs is 3. The second-order valence-electron chi connectivity index (χ2n) is 4.47. The van der Waals surface area contributed by atoms with Gasteiger partial charge in [-0.25, -0.2) is 9.78 Å². The maximum Gasteiger partial charge on any atom is 0.366 e. The van der Waals surface area contributed by atoms with Gasteiger partial charge in [0, 0.05) is 19.6 Å².